The Morgan fingerprint density at radius 2 is 2.00 bits per heavy atom. The van der Waals surface area contributed by atoms with E-state index in [0.717, 1.165) is 4.47 Å². The minimum absolute atomic E-state index is 0.144. The second-order valence-corrected chi connectivity index (χ2v) is 6.46. The molecule has 4 nitrogen and oxygen atoms in total. The normalized spacial score (nSPS) is 12.9. The van der Waals surface area contributed by atoms with Crippen molar-refractivity contribution in [3.05, 3.63) is 20.8 Å². The maximum atomic E-state index is 12.0. The van der Waals surface area contributed by atoms with Crippen LogP contribution in [0.3, 0.4) is 0 Å². The summed E-state index contributed by atoms with van der Waals surface area (Å²) in [4.78, 5) is 23.6. The Kier molecular flexibility index (Phi) is 4.92. The zero-order valence-electron chi connectivity index (χ0n) is 10.7. The van der Waals surface area contributed by atoms with Crippen molar-refractivity contribution >= 4 is 39.1 Å². The molecule has 0 spiro atoms. The fraction of sp³-hybridized carbons (Fsp3) is 0.500. The van der Waals surface area contributed by atoms with E-state index in [1.54, 1.807) is 33.1 Å². The molecule has 0 aliphatic heterocycles. The van der Waals surface area contributed by atoms with Crippen LogP contribution in [-0.4, -0.2) is 23.5 Å². The second kappa shape index (κ2) is 5.84. The molecule has 1 aromatic heterocycles. The number of hydrogen-bond donors (Lipinski definition) is 1. The third kappa shape index (κ3) is 4.42. The summed E-state index contributed by atoms with van der Waals surface area (Å²) >= 11 is 4.73. The summed E-state index contributed by atoms with van der Waals surface area (Å²) in [5.41, 5.74) is -0.000856. The van der Waals surface area contributed by atoms with E-state index in [-0.39, 0.29) is 5.78 Å². The molecule has 0 saturated carbocycles. The first-order valence-corrected chi connectivity index (χ1v) is 7.19. The largest absolute Gasteiger partial charge is 0.444 e. The standard InChI is InChI=1S/C12H16BrNO3S/c1-7(14-11(16)17-12(2,3)4)10(15)8-5-18-6-9(8)13/h5-7H,1-4H3,(H,14,16)/t7-/m1/s1. The van der Waals surface area contributed by atoms with Crippen molar-refractivity contribution in [1.82, 2.24) is 5.32 Å². The molecule has 1 aromatic rings. The van der Waals surface area contributed by atoms with Crippen LogP contribution in [0.25, 0.3) is 0 Å². The second-order valence-electron chi connectivity index (χ2n) is 4.87. The van der Waals surface area contributed by atoms with Crippen LogP contribution in [-0.2, 0) is 4.74 Å². The molecule has 1 N–H and O–H groups in total. The van der Waals surface area contributed by atoms with E-state index in [4.69, 9.17) is 4.74 Å². The van der Waals surface area contributed by atoms with Crippen molar-refractivity contribution in [2.45, 2.75) is 39.3 Å². The number of carbonyl (C=O) groups is 2. The predicted molar refractivity (Wildman–Crippen MR) is 75.2 cm³/mol. The van der Waals surface area contributed by atoms with Gasteiger partial charge in [-0.2, -0.15) is 11.3 Å². The van der Waals surface area contributed by atoms with Crippen LogP contribution in [0.2, 0.25) is 0 Å². The van der Waals surface area contributed by atoms with Gasteiger partial charge in [0.2, 0.25) is 0 Å². The van der Waals surface area contributed by atoms with Crippen molar-refractivity contribution in [3.8, 4) is 0 Å². The average Bonchev–Trinajstić information content (AvgIpc) is 2.60. The molecular weight excluding hydrogens is 318 g/mol. The number of ether oxygens (including phenoxy) is 1. The number of carbonyl (C=O) groups excluding carboxylic acids is 2. The van der Waals surface area contributed by atoms with Gasteiger partial charge < -0.3 is 10.1 Å². The molecule has 18 heavy (non-hydrogen) atoms. The Morgan fingerprint density at radius 1 is 1.39 bits per heavy atom. The molecule has 1 amide bonds. The lowest BCUT2D eigenvalue weighted by Crippen LogP contribution is -2.41. The van der Waals surface area contributed by atoms with Crippen LogP contribution in [0.15, 0.2) is 15.2 Å². The van der Waals surface area contributed by atoms with Gasteiger partial charge in [-0.05, 0) is 43.6 Å². The first-order valence-electron chi connectivity index (χ1n) is 5.46. The van der Waals surface area contributed by atoms with E-state index in [1.807, 2.05) is 5.38 Å². The number of halogens is 1. The molecule has 6 heteroatoms. The molecule has 1 heterocycles. The van der Waals surface area contributed by atoms with E-state index in [2.05, 4.69) is 21.2 Å². The third-order valence-corrected chi connectivity index (χ3v) is 3.71. The van der Waals surface area contributed by atoms with Crippen LogP contribution < -0.4 is 5.32 Å². The number of hydrogen-bond acceptors (Lipinski definition) is 4. The fourth-order valence-electron chi connectivity index (χ4n) is 1.24. The average molecular weight is 334 g/mol. The SMILES string of the molecule is C[C@@H](NC(=O)OC(C)(C)C)C(=O)c1cscc1Br. The molecule has 0 aliphatic rings. The lowest BCUT2D eigenvalue weighted by atomic mass is 10.1. The van der Waals surface area contributed by atoms with Crippen LogP contribution in [0.5, 0.6) is 0 Å². The van der Waals surface area contributed by atoms with Gasteiger partial charge in [0.1, 0.15) is 5.60 Å². The molecule has 0 bridgehead atoms. The first kappa shape index (κ1) is 15.2. The van der Waals surface area contributed by atoms with Crippen molar-refractivity contribution in [1.29, 1.82) is 0 Å². The number of nitrogens with one attached hydrogen (secondary N) is 1. The summed E-state index contributed by atoms with van der Waals surface area (Å²) in [6.45, 7) is 6.95. The Hall–Kier alpha value is -0.880. The molecule has 0 fully saturated rings. The molecule has 1 rings (SSSR count). The summed E-state index contributed by atoms with van der Waals surface area (Å²) < 4.78 is 5.84. The van der Waals surface area contributed by atoms with Gasteiger partial charge in [-0.15, -0.1) is 0 Å². The predicted octanol–water partition coefficient (Wildman–Crippen LogP) is 3.61. The highest BCUT2D eigenvalue weighted by Gasteiger charge is 2.23. The fourth-order valence-corrected chi connectivity index (χ4v) is 2.72. The molecule has 0 aliphatic carbocycles. The van der Waals surface area contributed by atoms with E-state index in [1.165, 1.54) is 11.3 Å². The number of Topliss-reactive ketones (excluding diaryl/α,β-unsaturated/α-hetero) is 1. The first-order chi connectivity index (χ1) is 8.20. The maximum Gasteiger partial charge on any atom is 0.408 e. The molecule has 1 atom stereocenters. The highest BCUT2D eigenvalue weighted by molar-refractivity contribution is 9.10. The zero-order chi connectivity index (χ0) is 13.9. The number of alkyl carbamates (subject to hydrolysis) is 1. The topological polar surface area (TPSA) is 55.4 Å². The van der Waals surface area contributed by atoms with E-state index < -0.39 is 17.7 Å². The molecule has 0 unspecified atom stereocenters. The summed E-state index contributed by atoms with van der Waals surface area (Å²) in [5, 5.41) is 6.10. The van der Waals surface area contributed by atoms with E-state index >= 15 is 0 Å². The van der Waals surface area contributed by atoms with Gasteiger partial charge in [-0.25, -0.2) is 4.79 Å². The Balaban J connectivity index is 2.61. The Morgan fingerprint density at radius 3 is 2.44 bits per heavy atom. The molecule has 100 valence electrons. The Labute approximate surface area is 119 Å². The monoisotopic (exact) mass is 333 g/mol. The number of ketones is 1. The summed E-state index contributed by atoms with van der Waals surface area (Å²) in [6.07, 6.45) is -0.588. The van der Waals surface area contributed by atoms with Crippen molar-refractivity contribution in [2.75, 3.05) is 0 Å². The minimum Gasteiger partial charge on any atom is -0.444 e. The molecule has 0 saturated heterocycles. The van der Waals surface area contributed by atoms with Crippen molar-refractivity contribution in [2.24, 2.45) is 0 Å². The van der Waals surface area contributed by atoms with Gasteiger partial charge in [-0.3, -0.25) is 4.79 Å². The maximum absolute atomic E-state index is 12.0. The third-order valence-electron chi connectivity index (χ3n) is 2.01. The minimum atomic E-state index is -0.620. The summed E-state index contributed by atoms with van der Waals surface area (Å²) in [7, 11) is 0. The van der Waals surface area contributed by atoms with Crippen LogP contribution in [0, 0.1) is 0 Å². The highest BCUT2D eigenvalue weighted by atomic mass is 79.9. The van der Waals surface area contributed by atoms with Crippen LogP contribution >= 0.6 is 27.3 Å². The van der Waals surface area contributed by atoms with Crippen molar-refractivity contribution < 1.29 is 14.3 Å². The zero-order valence-corrected chi connectivity index (χ0v) is 13.1. The molecule has 0 aromatic carbocycles. The molecular formula is C12H16BrNO3S. The van der Waals surface area contributed by atoms with E-state index in [9.17, 15) is 9.59 Å². The summed E-state index contributed by atoms with van der Waals surface area (Å²) in [5.74, 6) is -0.144. The van der Waals surface area contributed by atoms with Gasteiger partial charge in [-0.1, -0.05) is 0 Å². The van der Waals surface area contributed by atoms with Crippen LogP contribution in [0.4, 0.5) is 4.79 Å². The molecule has 0 radical (unpaired) electrons. The Bertz CT molecular complexity index is 450. The quantitative estimate of drug-likeness (QED) is 0.859. The smallest absolute Gasteiger partial charge is 0.408 e. The highest BCUT2D eigenvalue weighted by Crippen LogP contribution is 2.22. The number of thiophene rings is 1. The van der Waals surface area contributed by atoms with Crippen molar-refractivity contribution in [3.63, 3.8) is 0 Å². The lowest BCUT2D eigenvalue weighted by molar-refractivity contribution is 0.0497. The van der Waals surface area contributed by atoms with Crippen LogP contribution in [0.1, 0.15) is 38.1 Å². The van der Waals surface area contributed by atoms with Gasteiger partial charge >= 0.3 is 6.09 Å². The number of rotatable bonds is 3. The number of amides is 1. The van der Waals surface area contributed by atoms with Gasteiger partial charge in [0.25, 0.3) is 0 Å². The van der Waals surface area contributed by atoms with Gasteiger partial charge in [0.15, 0.2) is 5.78 Å². The lowest BCUT2D eigenvalue weighted by Gasteiger charge is -2.21. The van der Waals surface area contributed by atoms with E-state index in [0.29, 0.717) is 5.56 Å². The summed E-state index contributed by atoms with van der Waals surface area (Å²) in [6, 6.07) is -0.620. The van der Waals surface area contributed by atoms with Gasteiger partial charge in [0.05, 0.1) is 6.04 Å². The van der Waals surface area contributed by atoms with Gasteiger partial charge in [0, 0.05) is 20.8 Å².